The van der Waals surface area contributed by atoms with Crippen LogP contribution in [0.3, 0.4) is 0 Å². The topological polar surface area (TPSA) is 57.5 Å². The first-order valence-corrected chi connectivity index (χ1v) is 11.9. The van der Waals surface area contributed by atoms with Crippen LogP contribution in [0.5, 0.6) is 11.5 Å². The summed E-state index contributed by atoms with van der Waals surface area (Å²) in [4.78, 5) is 13.4. The minimum Gasteiger partial charge on any atom is -0.507 e. The summed E-state index contributed by atoms with van der Waals surface area (Å²) in [5.74, 6) is -0.428. The number of carbonyl (C=O) groups is 1. The average molecular weight is 445 g/mol. The molecule has 0 aromatic heterocycles. The van der Waals surface area contributed by atoms with Crippen LogP contribution in [0.4, 0.5) is 0 Å². The molecule has 0 amide bonds. The van der Waals surface area contributed by atoms with E-state index < -0.39 is 0 Å². The van der Waals surface area contributed by atoms with E-state index in [9.17, 15) is 15.0 Å². The maximum absolute atomic E-state index is 13.4. The second kappa shape index (κ2) is 10.7. The van der Waals surface area contributed by atoms with Crippen LogP contribution in [-0.2, 0) is 0 Å². The van der Waals surface area contributed by atoms with Crippen molar-refractivity contribution in [3.63, 3.8) is 0 Å². The van der Waals surface area contributed by atoms with Crippen molar-refractivity contribution in [1.82, 2.24) is 0 Å². The van der Waals surface area contributed by atoms with Crippen molar-refractivity contribution in [1.29, 1.82) is 0 Å². The van der Waals surface area contributed by atoms with E-state index in [1.807, 2.05) is 38.2 Å². The Labute approximate surface area is 198 Å². The molecule has 0 saturated carbocycles. The number of phenolic OH excluding ortho intramolecular Hbond substituents is 2. The third kappa shape index (κ3) is 5.30. The zero-order valence-electron chi connectivity index (χ0n) is 20.1. The Morgan fingerprint density at radius 3 is 2.52 bits per heavy atom. The Morgan fingerprint density at radius 2 is 1.82 bits per heavy atom. The number of benzene rings is 1. The molecule has 3 atom stereocenters. The van der Waals surface area contributed by atoms with Crippen LogP contribution in [0.2, 0.25) is 0 Å². The second-order valence-corrected chi connectivity index (χ2v) is 9.18. The third-order valence-corrected chi connectivity index (χ3v) is 7.04. The lowest BCUT2D eigenvalue weighted by molar-refractivity contribution is 0.0884. The molecule has 1 aromatic rings. The molecule has 1 aromatic carbocycles. The van der Waals surface area contributed by atoms with Gasteiger partial charge in [0, 0.05) is 17.4 Å². The van der Waals surface area contributed by atoms with E-state index in [4.69, 9.17) is 0 Å². The largest absolute Gasteiger partial charge is 0.507 e. The first-order valence-electron chi connectivity index (χ1n) is 11.9. The molecule has 33 heavy (non-hydrogen) atoms. The fourth-order valence-electron chi connectivity index (χ4n) is 5.15. The minimum atomic E-state index is -0.301. The van der Waals surface area contributed by atoms with Crippen LogP contribution in [0.15, 0.2) is 78.5 Å². The van der Waals surface area contributed by atoms with Crippen molar-refractivity contribution in [3.05, 3.63) is 89.6 Å². The lowest BCUT2D eigenvalue weighted by atomic mass is 9.81. The molecule has 3 rings (SSSR count). The maximum Gasteiger partial charge on any atom is 0.170 e. The fourth-order valence-corrected chi connectivity index (χ4v) is 5.15. The quantitative estimate of drug-likeness (QED) is 0.349. The zero-order chi connectivity index (χ0) is 24.1. The number of phenols is 2. The van der Waals surface area contributed by atoms with Crippen molar-refractivity contribution in [3.8, 4) is 11.5 Å². The van der Waals surface area contributed by atoms with Crippen molar-refractivity contribution < 1.29 is 15.0 Å². The number of carbonyl (C=O) groups excluding carboxylic acids is 1. The van der Waals surface area contributed by atoms with Gasteiger partial charge in [0.15, 0.2) is 5.78 Å². The Kier molecular flexibility index (Phi) is 7.97. The number of Topliss-reactive ketones (excluding diaryl/α,β-unsaturated/α-hetero) is 1. The highest BCUT2D eigenvalue weighted by Crippen LogP contribution is 2.45. The summed E-state index contributed by atoms with van der Waals surface area (Å²) in [6.07, 6.45) is 16.2. The van der Waals surface area contributed by atoms with Gasteiger partial charge in [-0.1, -0.05) is 74.6 Å². The van der Waals surface area contributed by atoms with Gasteiger partial charge in [-0.25, -0.2) is 0 Å². The van der Waals surface area contributed by atoms with Crippen molar-refractivity contribution in [2.75, 3.05) is 0 Å². The summed E-state index contributed by atoms with van der Waals surface area (Å²) in [7, 11) is 0. The van der Waals surface area contributed by atoms with E-state index in [0.29, 0.717) is 18.4 Å². The van der Waals surface area contributed by atoms with E-state index in [1.54, 1.807) is 0 Å². The molecular formula is C30H36O3. The molecule has 0 saturated heterocycles. The highest BCUT2D eigenvalue weighted by Gasteiger charge is 2.30. The maximum atomic E-state index is 13.4. The molecule has 0 heterocycles. The van der Waals surface area contributed by atoms with Gasteiger partial charge in [-0.3, -0.25) is 4.79 Å². The normalized spacial score (nSPS) is 25.5. The summed E-state index contributed by atoms with van der Waals surface area (Å²) in [6.45, 7) is 14.5. The molecule has 174 valence electrons. The molecule has 0 bridgehead atoms. The van der Waals surface area contributed by atoms with Gasteiger partial charge in [-0.15, -0.1) is 0 Å². The predicted octanol–water partition coefficient (Wildman–Crippen LogP) is 7.70. The summed E-state index contributed by atoms with van der Waals surface area (Å²) in [6, 6.07) is 2.94. The fraction of sp³-hybridized carbons (Fsp3) is 0.367. The van der Waals surface area contributed by atoms with Crippen LogP contribution in [0, 0.1) is 17.8 Å². The summed E-state index contributed by atoms with van der Waals surface area (Å²) in [5, 5.41) is 21.7. The van der Waals surface area contributed by atoms with E-state index in [-0.39, 0.29) is 40.6 Å². The first-order chi connectivity index (χ1) is 15.8. The molecule has 3 unspecified atom stereocenters. The lowest BCUT2D eigenvalue weighted by Crippen LogP contribution is -2.21. The highest BCUT2D eigenvalue weighted by atomic mass is 16.3. The van der Waals surface area contributed by atoms with Crippen LogP contribution in [0.1, 0.15) is 68.8 Å². The van der Waals surface area contributed by atoms with E-state index in [0.717, 1.165) is 30.4 Å². The molecule has 0 radical (unpaired) electrons. The van der Waals surface area contributed by atoms with Crippen LogP contribution < -0.4 is 0 Å². The lowest BCUT2D eigenvalue weighted by Gasteiger charge is -2.22. The predicted molar refractivity (Wildman–Crippen MR) is 137 cm³/mol. The first kappa shape index (κ1) is 24.6. The molecule has 2 N–H and O–H groups in total. The van der Waals surface area contributed by atoms with Crippen molar-refractivity contribution in [2.24, 2.45) is 17.8 Å². The number of allylic oxidation sites excluding steroid dienone is 10. The monoisotopic (exact) mass is 444 g/mol. The minimum absolute atomic E-state index is 0.00464. The molecule has 3 heteroatoms. The van der Waals surface area contributed by atoms with E-state index >= 15 is 0 Å². The standard InChI is InChI=1S/C30H36O3/c1-6-10-22-14-16-25(23(22)7-2)21(5)26-17-29(32)27(18-28(26)31)30(33)24-15-13-19(3)11-8-9-12-20(24)4/h6,8-12,17-18,20,24-25,31-32H,3,5,7,13-16H2,1-2,4H3/b10-6-,11-8-,12-9-. The summed E-state index contributed by atoms with van der Waals surface area (Å²) in [5.41, 5.74) is 5.11. The number of rotatable bonds is 6. The van der Waals surface area contributed by atoms with E-state index in [2.05, 4.69) is 32.2 Å². The van der Waals surface area contributed by atoms with E-state index in [1.165, 1.54) is 23.3 Å². The molecule has 2 aliphatic rings. The highest BCUT2D eigenvalue weighted by molar-refractivity contribution is 6.01. The Bertz CT molecular complexity index is 1060. The van der Waals surface area contributed by atoms with Crippen LogP contribution >= 0.6 is 0 Å². The SMILES string of the molecule is C=C1/C=C\C=C/C(C)C(C(=O)c2cc(O)c(C(=C)C3CCC(/C=C\C)=C3CC)cc2O)CC1. The van der Waals surface area contributed by atoms with Crippen LogP contribution in [-0.4, -0.2) is 16.0 Å². The molecule has 0 spiro atoms. The van der Waals surface area contributed by atoms with Crippen molar-refractivity contribution >= 4 is 11.4 Å². The molecule has 0 aliphatic heterocycles. The third-order valence-electron chi connectivity index (χ3n) is 7.04. The number of hydrogen-bond acceptors (Lipinski definition) is 3. The second-order valence-electron chi connectivity index (χ2n) is 9.18. The Balaban J connectivity index is 1.90. The van der Waals surface area contributed by atoms with Gasteiger partial charge in [-0.05, 0) is 68.2 Å². The summed E-state index contributed by atoms with van der Waals surface area (Å²) < 4.78 is 0. The number of aromatic hydroxyl groups is 2. The zero-order valence-corrected chi connectivity index (χ0v) is 20.1. The number of hydrogen-bond donors (Lipinski definition) is 2. The average Bonchev–Trinajstić information content (AvgIpc) is 3.22. The van der Waals surface area contributed by atoms with Gasteiger partial charge in [0.2, 0.25) is 0 Å². The Hall–Kier alpha value is -3.07. The molecule has 2 aliphatic carbocycles. The van der Waals surface area contributed by atoms with Gasteiger partial charge < -0.3 is 10.2 Å². The van der Waals surface area contributed by atoms with Crippen molar-refractivity contribution in [2.45, 2.75) is 52.9 Å². The van der Waals surface area contributed by atoms with Gasteiger partial charge >= 0.3 is 0 Å². The number of ketones is 1. The molecular weight excluding hydrogens is 408 g/mol. The van der Waals surface area contributed by atoms with Gasteiger partial charge in [0.1, 0.15) is 11.5 Å². The summed E-state index contributed by atoms with van der Waals surface area (Å²) >= 11 is 0. The van der Waals surface area contributed by atoms with Crippen LogP contribution in [0.25, 0.3) is 5.57 Å². The van der Waals surface area contributed by atoms with Gasteiger partial charge in [0.05, 0.1) is 5.56 Å². The molecule has 3 nitrogen and oxygen atoms in total. The molecule has 0 fully saturated rings. The Morgan fingerprint density at radius 1 is 1.12 bits per heavy atom. The van der Waals surface area contributed by atoms with Gasteiger partial charge in [-0.2, -0.15) is 0 Å². The van der Waals surface area contributed by atoms with Gasteiger partial charge in [0.25, 0.3) is 0 Å². The smallest absolute Gasteiger partial charge is 0.170 e.